The number of carboxylic acids is 1. The van der Waals surface area contributed by atoms with Crippen LogP contribution in [0.2, 0.25) is 0 Å². The summed E-state index contributed by atoms with van der Waals surface area (Å²) in [4.78, 5) is 11.0. The Morgan fingerprint density at radius 1 is 1.00 bits per heavy atom. The van der Waals surface area contributed by atoms with Crippen molar-refractivity contribution >= 4 is 5.97 Å². The molecule has 0 spiro atoms. The van der Waals surface area contributed by atoms with Gasteiger partial charge < -0.3 is 5.11 Å². The third-order valence-electron chi connectivity index (χ3n) is 9.48. The second-order valence-electron chi connectivity index (χ2n) is 10.4. The predicted molar refractivity (Wildman–Crippen MR) is 97.0 cm³/mol. The lowest BCUT2D eigenvalue weighted by atomic mass is 9.44. The second-order valence-corrected chi connectivity index (χ2v) is 10.4. The maximum absolute atomic E-state index is 15.4. The highest BCUT2D eigenvalue weighted by molar-refractivity contribution is 5.66. The Kier molecular flexibility index (Phi) is 4.43. The van der Waals surface area contributed by atoms with Gasteiger partial charge in [-0.2, -0.15) is 0 Å². The van der Waals surface area contributed by atoms with E-state index in [0.717, 1.165) is 44.9 Å². The Labute approximate surface area is 156 Å². The Morgan fingerprint density at radius 3 is 2.46 bits per heavy atom. The maximum atomic E-state index is 15.4. The highest BCUT2D eigenvalue weighted by atomic mass is 19.3. The van der Waals surface area contributed by atoms with Crippen molar-refractivity contribution in [3.05, 3.63) is 0 Å². The fourth-order valence-corrected chi connectivity index (χ4v) is 8.07. The summed E-state index contributed by atoms with van der Waals surface area (Å²) in [5.74, 6) is -3.04. The van der Waals surface area contributed by atoms with Gasteiger partial charge in [-0.25, -0.2) is 8.78 Å². The minimum Gasteiger partial charge on any atom is -0.481 e. The number of alkyl halides is 2. The van der Waals surface area contributed by atoms with Gasteiger partial charge in [0.15, 0.2) is 0 Å². The first kappa shape index (κ1) is 18.7. The molecule has 0 amide bonds. The molecule has 0 saturated heterocycles. The van der Waals surface area contributed by atoms with E-state index in [1.807, 2.05) is 0 Å². The van der Waals surface area contributed by atoms with Crippen molar-refractivity contribution in [3.63, 3.8) is 0 Å². The Bertz CT molecular complexity index is 576. The first-order chi connectivity index (χ1) is 12.2. The van der Waals surface area contributed by atoms with Gasteiger partial charge in [-0.05, 0) is 79.4 Å². The normalized spacial score (nSPS) is 49.8. The molecule has 2 nitrogen and oxygen atoms in total. The van der Waals surface area contributed by atoms with E-state index in [2.05, 4.69) is 13.8 Å². The summed E-state index contributed by atoms with van der Waals surface area (Å²) in [5.41, 5.74) is 0.0169. The van der Waals surface area contributed by atoms with Crippen molar-refractivity contribution in [2.24, 2.45) is 40.4 Å². The highest BCUT2D eigenvalue weighted by Gasteiger charge is 2.67. The van der Waals surface area contributed by atoms with Crippen LogP contribution in [0, 0.1) is 40.4 Å². The average molecular weight is 369 g/mol. The molecule has 0 aromatic rings. The van der Waals surface area contributed by atoms with Gasteiger partial charge in [-0.3, -0.25) is 4.79 Å². The summed E-state index contributed by atoms with van der Waals surface area (Å²) < 4.78 is 30.9. The average Bonchev–Trinajstić information content (AvgIpc) is 2.89. The molecule has 4 heteroatoms. The number of aliphatic carboxylic acids is 1. The summed E-state index contributed by atoms with van der Waals surface area (Å²) in [5, 5.41) is 9.07. The standard InChI is InChI=1S/C22H34F2O2/c1-20-11-4-3-5-15(20)13-22(23,24)19-16-8-6-14(7-9-18(25)26)21(16,2)12-10-17(19)20/h14-17,19H,3-13H2,1-2H3,(H,25,26)/t14?,15?,16?,17?,19?,20-,21+/m0/s1. The first-order valence-corrected chi connectivity index (χ1v) is 10.8. The van der Waals surface area contributed by atoms with Gasteiger partial charge in [0.1, 0.15) is 0 Å². The molecule has 4 fully saturated rings. The van der Waals surface area contributed by atoms with Crippen LogP contribution in [0.4, 0.5) is 8.78 Å². The number of carboxylic acid groups (broad SMARTS) is 1. The van der Waals surface area contributed by atoms with Gasteiger partial charge in [0.2, 0.25) is 0 Å². The van der Waals surface area contributed by atoms with Crippen LogP contribution in [0.3, 0.4) is 0 Å². The van der Waals surface area contributed by atoms with E-state index in [9.17, 15) is 4.79 Å². The number of carbonyl (C=O) groups is 1. The summed E-state index contributed by atoms with van der Waals surface area (Å²) >= 11 is 0. The van der Waals surface area contributed by atoms with E-state index < -0.39 is 17.8 Å². The van der Waals surface area contributed by atoms with Gasteiger partial charge >= 0.3 is 5.97 Å². The molecular formula is C22H34F2O2. The lowest BCUT2D eigenvalue weighted by molar-refractivity contribution is -0.231. The molecule has 4 saturated carbocycles. The third-order valence-corrected chi connectivity index (χ3v) is 9.48. The van der Waals surface area contributed by atoms with Crippen molar-refractivity contribution < 1.29 is 18.7 Å². The van der Waals surface area contributed by atoms with Gasteiger partial charge in [-0.1, -0.05) is 26.7 Å². The molecule has 7 atom stereocenters. The summed E-state index contributed by atoms with van der Waals surface area (Å²) in [6, 6.07) is 0. The molecule has 0 aliphatic heterocycles. The Balaban J connectivity index is 1.63. The molecule has 5 unspecified atom stereocenters. The van der Waals surface area contributed by atoms with Crippen molar-refractivity contribution in [1.29, 1.82) is 0 Å². The van der Waals surface area contributed by atoms with Crippen molar-refractivity contribution in [3.8, 4) is 0 Å². The zero-order valence-electron chi connectivity index (χ0n) is 16.3. The quantitative estimate of drug-likeness (QED) is 0.649. The summed E-state index contributed by atoms with van der Waals surface area (Å²) in [6.07, 6.45) is 9.10. The molecular weight excluding hydrogens is 334 g/mol. The first-order valence-electron chi connectivity index (χ1n) is 10.8. The number of halogens is 2. The minimum absolute atomic E-state index is 0.0785. The number of rotatable bonds is 3. The highest BCUT2D eigenvalue weighted by Crippen LogP contribution is 2.70. The Morgan fingerprint density at radius 2 is 1.73 bits per heavy atom. The molecule has 4 aliphatic rings. The van der Waals surface area contributed by atoms with Gasteiger partial charge in [0, 0.05) is 18.8 Å². The summed E-state index contributed by atoms with van der Waals surface area (Å²) in [6.45, 7) is 4.53. The molecule has 4 aliphatic carbocycles. The van der Waals surface area contributed by atoms with E-state index in [0.29, 0.717) is 12.3 Å². The molecule has 0 bridgehead atoms. The third kappa shape index (κ3) is 2.64. The lowest BCUT2D eigenvalue weighted by Gasteiger charge is -2.62. The van der Waals surface area contributed by atoms with E-state index >= 15 is 8.78 Å². The van der Waals surface area contributed by atoms with Gasteiger partial charge in [0.05, 0.1) is 0 Å². The zero-order chi connectivity index (χ0) is 18.7. The van der Waals surface area contributed by atoms with Crippen molar-refractivity contribution in [2.45, 2.75) is 90.4 Å². The number of hydrogen-bond acceptors (Lipinski definition) is 1. The zero-order valence-corrected chi connectivity index (χ0v) is 16.3. The molecule has 148 valence electrons. The fourth-order valence-electron chi connectivity index (χ4n) is 8.07. The summed E-state index contributed by atoms with van der Waals surface area (Å²) in [7, 11) is 0. The SMILES string of the molecule is C[C@]12CCCCC1CC(F)(F)C1C2CC[C@]2(C)C(CCC(=O)O)CCC12. The molecule has 0 heterocycles. The Hall–Kier alpha value is -0.670. The largest absolute Gasteiger partial charge is 0.481 e. The second kappa shape index (κ2) is 6.17. The number of fused-ring (bicyclic) bond motifs is 5. The van der Waals surface area contributed by atoms with Crippen LogP contribution in [0.5, 0.6) is 0 Å². The number of hydrogen-bond donors (Lipinski definition) is 1. The smallest absolute Gasteiger partial charge is 0.303 e. The van der Waals surface area contributed by atoms with Crippen molar-refractivity contribution in [2.75, 3.05) is 0 Å². The lowest BCUT2D eigenvalue weighted by Crippen LogP contribution is -2.60. The van der Waals surface area contributed by atoms with Crippen LogP contribution in [0.25, 0.3) is 0 Å². The van der Waals surface area contributed by atoms with E-state index in [-0.39, 0.29) is 41.4 Å². The predicted octanol–water partition coefficient (Wildman–Crippen LogP) is 6.15. The van der Waals surface area contributed by atoms with E-state index in [4.69, 9.17) is 5.11 Å². The van der Waals surface area contributed by atoms with Crippen LogP contribution < -0.4 is 0 Å². The van der Waals surface area contributed by atoms with Gasteiger partial charge in [-0.15, -0.1) is 0 Å². The monoisotopic (exact) mass is 368 g/mol. The molecule has 4 rings (SSSR count). The molecule has 0 aromatic carbocycles. The topological polar surface area (TPSA) is 37.3 Å². The molecule has 26 heavy (non-hydrogen) atoms. The minimum atomic E-state index is -2.54. The van der Waals surface area contributed by atoms with Crippen molar-refractivity contribution in [1.82, 2.24) is 0 Å². The molecule has 0 aromatic heterocycles. The van der Waals surface area contributed by atoms with Crippen LogP contribution in [0.15, 0.2) is 0 Å². The van der Waals surface area contributed by atoms with Crippen LogP contribution >= 0.6 is 0 Å². The van der Waals surface area contributed by atoms with E-state index in [1.54, 1.807) is 0 Å². The molecule has 1 N–H and O–H groups in total. The van der Waals surface area contributed by atoms with Gasteiger partial charge in [0.25, 0.3) is 5.92 Å². The maximum Gasteiger partial charge on any atom is 0.303 e. The van der Waals surface area contributed by atoms with Crippen LogP contribution in [0.1, 0.15) is 84.5 Å². The molecule has 0 radical (unpaired) electrons. The fraction of sp³-hybridized carbons (Fsp3) is 0.955. The van der Waals surface area contributed by atoms with Crippen LogP contribution in [-0.4, -0.2) is 17.0 Å². The van der Waals surface area contributed by atoms with Crippen LogP contribution in [-0.2, 0) is 4.79 Å². The van der Waals surface area contributed by atoms with E-state index in [1.165, 1.54) is 6.42 Å².